The molecule has 0 unspecified atom stereocenters. The molecular weight excluding hydrogens is 338 g/mol. The van der Waals surface area contributed by atoms with Gasteiger partial charge in [-0.2, -0.15) is 0 Å². The lowest BCUT2D eigenvalue weighted by molar-refractivity contribution is -0.0390. The highest BCUT2D eigenvalue weighted by atomic mass is 16.5. The second kappa shape index (κ2) is 11.3. The Morgan fingerprint density at radius 3 is 2.67 bits per heavy atom. The quantitative estimate of drug-likeness (QED) is 0.564. The minimum Gasteiger partial charge on any atom is -0.381 e. The van der Waals surface area contributed by atoms with Crippen molar-refractivity contribution < 1.29 is 9.47 Å². The van der Waals surface area contributed by atoms with Crippen LogP contribution in [0, 0.1) is 0 Å². The van der Waals surface area contributed by atoms with Crippen molar-refractivity contribution in [3.8, 4) is 0 Å². The van der Waals surface area contributed by atoms with E-state index in [2.05, 4.69) is 41.8 Å². The maximum absolute atomic E-state index is 6.05. The van der Waals surface area contributed by atoms with Crippen molar-refractivity contribution in [1.82, 2.24) is 10.6 Å². The summed E-state index contributed by atoms with van der Waals surface area (Å²) in [6, 6.07) is 9.17. The molecule has 1 aromatic rings. The Morgan fingerprint density at radius 2 is 1.89 bits per heavy atom. The van der Waals surface area contributed by atoms with E-state index in [9.17, 15) is 0 Å². The monoisotopic (exact) mass is 373 g/mol. The number of benzene rings is 1. The molecule has 1 aliphatic carbocycles. The number of hydrogen-bond donors (Lipinski definition) is 2. The smallest absolute Gasteiger partial charge is 0.191 e. The normalized spacial score (nSPS) is 19.8. The number of rotatable bonds is 7. The first-order chi connectivity index (χ1) is 13.3. The molecule has 150 valence electrons. The predicted molar refractivity (Wildman–Crippen MR) is 110 cm³/mol. The standard InChI is InChI=1S/C22H35N3O2/c1-2-23-22(25-20-9-4-3-5-10-20)24-16-18-7-6-8-19(15-18)17-27-21-11-13-26-14-12-21/h6-8,15,20-21H,2-5,9-14,16-17H2,1H3,(H2,23,24,25). The Kier molecular flexibility index (Phi) is 8.43. The zero-order valence-electron chi connectivity index (χ0n) is 16.7. The van der Waals surface area contributed by atoms with Gasteiger partial charge in [0.25, 0.3) is 0 Å². The van der Waals surface area contributed by atoms with Gasteiger partial charge in [-0.25, -0.2) is 4.99 Å². The number of ether oxygens (including phenoxy) is 2. The Labute approximate surface area is 163 Å². The van der Waals surface area contributed by atoms with E-state index in [0.29, 0.717) is 25.3 Å². The summed E-state index contributed by atoms with van der Waals surface area (Å²) in [6.45, 7) is 6.00. The molecule has 1 saturated heterocycles. The van der Waals surface area contributed by atoms with Gasteiger partial charge in [-0.15, -0.1) is 0 Å². The van der Waals surface area contributed by atoms with Gasteiger partial charge < -0.3 is 20.1 Å². The average molecular weight is 374 g/mol. The van der Waals surface area contributed by atoms with Gasteiger partial charge in [0, 0.05) is 25.8 Å². The molecule has 0 amide bonds. The maximum Gasteiger partial charge on any atom is 0.191 e. The molecule has 0 spiro atoms. The molecule has 1 aliphatic heterocycles. The van der Waals surface area contributed by atoms with E-state index in [0.717, 1.165) is 38.6 Å². The molecule has 1 aromatic carbocycles. The minimum atomic E-state index is 0.334. The molecule has 0 bridgehead atoms. The molecule has 0 radical (unpaired) electrons. The molecule has 2 aliphatic rings. The first-order valence-electron chi connectivity index (χ1n) is 10.7. The van der Waals surface area contributed by atoms with Crippen LogP contribution >= 0.6 is 0 Å². The van der Waals surface area contributed by atoms with Crippen LogP contribution in [0.1, 0.15) is 63.0 Å². The number of hydrogen-bond acceptors (Lipinski definition) is 3. The van der Waals surface area contributed by atoms with Gasteiger partial charge in [0.1, 0.15) is 0 Å². The second-order valence-corrected chi connectivity index (χ2v) is 7.62. The van der Waals surface area contributed by atoms with Crippen LogP contribution in [-0.2, 0) is 22.6 Å². The fourth-order valence-electron chi connectivity index (χ4n) is 3.81. The van der Waals surface area contributed by atoms with Crippen LogP contribution in [0.2, 0.25) is 0 Å². The summed E-state index contributed by atoms with van der Waals surface area (Å²) >= 11 is 0. The Hall–Kier alpha value is -1.59. The highest BCUT2D eigenvalue weighted by Gasteiger charge is 2.15. The van der Waals surface area contributed by atoms with Crippen LogP contribution in [0.25, 0.3) is 0 Å². The van der Waals surface area contributed by atoms with Crippen molar-refractivity contribution in [3.05, 3.63) is 35.4 Å². The van der Waals surface area contributed by atoms with Crippen LogP contribution < -0.4 is 10.6 Å². The molecule has 27 heavy (non-hydrogen) atoms. The summed E-state index contributed by atoms with van der Waals surface area (Å²) in [5, 5.41) is 7.00. The topological polar surface area (TPSA) is 54.9 Å². The molecule has 3 rings (SSSR count). The van der Waals surface area contributed by atoms with E-state index in [1.807, 2.05) is 0 Å². The third-order valence-electron chi connectivity index (χ3n) is 5.36. The lowest BCUT2D eigenvalue weighted by Crippen LogP contribution is -2.44. The lowest BCUT2D eigenvalue weighted by atomic mass is 9.96. The van der Waals surface area contributed by atoms with E-state index < -0.39 is 0 Å². The van der Waals surface area contributed by atoms with Gasteiger partial charge in [-0.05, 0) is 43.7 Å². The minimum absolute atomic E-state index is 0.334. The third-order valence-corrected chi connectivity index (χ3v) is 5.36. The fourth-order valence-corrected chi connectivity index (χ4v) is 3.81. The van der Waals surface area contributed by atoms with Gasteiger partial charge >= 0.3 is 0 Å². The molecule has 1 heterocycles. The summed E-state index contributed by atoms with van der Waals surface area (Å²) in [5.74, 6) is 0.938. The molecule has 2 fully saturated rings. The van der Waals surface area contributed by atoms with Crippen molar-refractivity contribution in [2.45, 2.75) is 77.2 Å². The largest absolute Gasteiger partial charge is 0.381 e. The summed E-state index contributed by atoms with van der Waals surface area (Å²) in [5.41, 5.74) is 2.45. The van der Waals surface area contributed by atoms with Crippen LogP contribution in [0.5, 0.6) is 0 Å². The molecule has 5 heteroatoms. The van der Waals surface area contributed by atoms with E-state index in [1.165, 1.54) is 43.2 Å². The Morgan fingerprint density at radius 1 is 1.11 bits per heavy atom. The van der Waals surface area contributed by atoms with Gasteiger partial charge in [-0.1, -0.05) is 43.5 Å². The van der Waals surface area contributed by atoms with Crippen LogP contribution in [-0.4, -0.2) is 37.9 Å². The zero-order valence-corrected chi connectivity index (χ0v) is 16.7. The summed E-state index contributed by atoms with van der Waals surface area (Å²) < 4.78 is 11.4. The Bertz CT molecular complexity index is 579. The van der Waals surface area contributed by atoms with Crippen LogP contribution in [0.4, 0.5) is 0 Å². The van der Waals surface area contributed by atoms with Gasteiger partial charge in [0.15, 0.2) is 5.96 Å². The highest BCUT2D eigenvalue weighted by Crippen LogP contribution is 2.17. The molecule has 5 nitrogen and oxygen atoms in total. The van der Waals surface area contributed by atoms with E-state index in [1.54, 1.807) is 0 Å². The molecule has 0 aromatic heterocycles. The second-order valence-electron chi connectivity index (χ2n) is 7.62. The fraction of sp³-hybridized carbons (Fsp3) is 0.682. The zero-order chi connectivity index (χ0) is 18.7. The molecule has 1 saturated carbocycles. The first kappa shape index (κ1) is 20.2. The van der Waals surface area contributed by atoms with Crippen molar-refractivity contribution in [2.75, 3.05) is 19.8 Å². The molecule has 2 N–H and O–H groups in total. The van der Waals surface area contributed by atoms with Gasteiger partial charge in [0.05, 0.1) is 19.3 Å². The van der Waals surface area contributed by atoms with Crippen molar-refractivity contribution in [1.29, 1.82) is 0 Å². The molecular formula is C22H35N3O2. The van der Waals surface area contributed by atoms with E-state index in [4.69, 9.17) is 14.5 Å². The van der Waals surface area contributed by atoms with E-state index in [-0.39, 0.29) is 0 Å². The van der Waals surface area contributed by atoms with Crippen molar-refractivity contribution in [3.63, 3.8) is 0 Å². The number of guanidine groups is 1. The van der Waals surface area contributed by atoms with Crippen LogP contribution in [0.15, 0.2) is 29.3 Å². The number of aliphatic imine (C=N–C) groups is 1. The number of nitrogens with zero attached hydrogens (tertiary/aromatic N) is 1. The van der Waals surface area contributed by atoms with Crippen molar-refractivity contribution >= 4 is 5.96 Å². The maximum atomic E-state index is 6.05. The third kappa shape index (κ3) is 7.15. The number of nitrogens with one attached hydrogen (secondary N) is 2. The highest BCUT2D eigenvalue weighted by molar-refractivity contribution is 5.80. The summed E-state index contributed by atoms with van der Waals surface area (Å²) in [7, 11) is 0. The van der Waals surface area contributed by atoms with Crippen molar-refractivity contribution in [2.24, 2.45) is 4.99 Å². The summed E-state index contributed by atoms with van der Waals surface area (Å²) in [6.07, 6.45) is 8.87. The van der Waals surface area contributed by atoms with Gasteiger partial charge in [0.2, 0.25) is 0 Å². The lowest BCUT2D eigenvalue weighted by Gasteiger charge is -2.25. The summed E-state index contributed by atoms with van der Waals surface area (Å²) in [4.78, 5) is 4.81. The van der Waals surface area contributed by atoms with E-state index >= 15 is 0 Å². The average Bonchev–Trinajstić information content (AvgIpc) is 2.72. The predicted octanol–water partition coefficient (Wildman–Crippen LogP) is 3.77. The van der Waals surface area contributed by atoms with Gasteiger partial charge in [-0.3, -0.25) is 0 Å². The van der Waals surface area contributed by atoms with Crippen LogP contribution in [0.3, 0.4) is 0 Å². The Balaban J connectivity index is 1.52. The first-order valence-corrected chi connectivity index (χ1v) is 10.7. The molecule has 0 atom stereocenters. The SMILES string of the molecule is CCNC(=NCc1cccc(COC2CCOCC2)c1)NC1CCCCC1.